The molecule has 0 aromatic carbocycles. The SMILES string of the molecule is CCCCCCCCCCCCCCCCC(=O)O[C@H](COC(=O)CCCCCCC)COP(=O)(O)OC[C@H](O)COP(=O)(O)OC[C@@H](COC(=O)CCCCCCCCCCCCC(C)CC)OC(=O)CCCCCCCCCCCCCCCCC(C)CC. The highest BCUT2D eigenvalue weighted by Crippen LogP contribution is 2.45. The summed E-state index contributed by atoms with van der Waals surface area (Å²) in [5.74, 6) is -0.476. The summed E-state index contributed by atoms with van der Waals surface area (Å²) in [6.07, 6.45) is 50.1. The van der Waals surface area contributed by atoms with E-state index in [1.807, 2.05) is 0 Å². The number of unbranched alkanes of at least 4 members (excludes halogenated alkanes) is 39. The molecule has 0 radical (unpaired) electrons. The van der Waals surface area contributed by atoms with Gasteiger partial charge in [-0.3, -0.25) is 37.3 Å². The maximum absolute atomic E-state index is 13.0. The molecule has 0 aliphatic rings. The highest BCUT2D eigenvalue weighted by atomic mass is 31.2. The Bertz CT molecular complexity index is 1770. The molecular weight excluding hydrogens is 1200 g/mol. The number of ether oxygens (including phenoxy) is 4. The normalized spacial score (nSPS) is 14.7. The molecule has 0 aromatic rings. The van der Waals surface area contributed by atoms with E-state index >= 15 is 0 Å². The van der Waals surface area contributed by atoms with Gasteiger partial charge >= 0.3 is 39.5 Å². The number of phosphoric ester groups is 2. The van der Waals surface area contributed by atoms with E-state index in [9.17, 15) is 43.2 Å². The third-order valence-electron chi connectivity index (χ3n) is 17.4. The fourth-order valence-electron chi connectivity index (χ4n) is 10.9. The van der Waals surface area contributed by atoms with Crippen LogP contribution >= 0.6 is 15.6 Å². The van der Waals surface area contributed by atoms with Crippen molar-refractivity contribution in [1.29, 1.82) is 0 Å². The Kier molecular flexibility index (Phi) is 62.7. The highest BCUT2D eigenvalue weighted by Gasteiger charge is 2.30. The zero-order valence-corrected chi connectivity index (χ0v) is 60.9. The van der Waals surface area contributed by atoms with Crippen molar-refractivity contribution in [3.05, 3.63) is 0 Å². The van der Waals surface area contributed by atoms with Gasteiger partial charge in [0.05, 0.1) is 26.4 Å². The van der Waals surface area contributed by atoms with Crippen molar-refractivity contribution in [1.82, 2.24) is 0 Å². The summed E-state index contributed by atoms with van der Waals surface area (Å²) in [6.45, 7) is 9.57. The van der Waals surface area contributed by atoms with Crippen LogP contribution in [0, 0.1) is 11.8 Å². The molecule has 7 atom stereocenters. The molecule has 3 N–H and O–H groups in total. The summed E-state index contributed by atoms with van der Waals surface area (Å²) in [5, 5.41) is 10.6. The Labute approximate surface area is 556 Å². The molecule has 19 heteroatoms. The van der Waals surface area contributed by atoms with Gasteiger partial charge in [0.25, 0.3) is 0 Å². The maximum atomic E-state index is 13.0. The number of esters is 4. The number of rotatable bonds is 71. The van der Waals surface area contributed by atoms with Crippen LogP contribution in [0.25, 0.3) is 0 Å². The van der Waals surface area contributed by atoms with Gasteiger partial charge in [-0.05, 0) is 37.5 Å². The monoisotopic (exact) mass is 1340 g/mol. The highest BCUT2D eigenvalue weighted by molar-refractivity contribution is 7.47. The van der Waals surface area contributed by atoms with E-state index in [4.69, 9.17) is 37.0 Å². The number of aliphatic hydroxyl groups excluding tert-OH is 1. The minimum Gasteiger partial charge on any atom is -0.462 e. The van der Waals surface area contributed by atoms with E-state index < -0.39 is 97.5 Å². The molecule has 0 amide bonds. The van der Waals surface area contributed by atoms with E-state index in [2.05, 4.69) is 41.5 Å². The van der Waals surface area contributed by atoms with Crippen molar-refractivity contribution in [2.75, 3.05) is 39.6 Å². The molecule has 0 aromatic heterocycles. The first-order valence-electron chi connectivity index (χ1n) is 37.6. The molecule has 17 nitrogen and oxygen atoms in total. The summed E-state index contributed by atoms with van der Waals surface area (Å²) in [6, 6.07) is 0. The van der Waals surface area contributed by atoms with Crippen LogP contribution in [-0.2, 0) is 65.4 Å². The van der Waals surface area contributed by atoms with Gasteiger partial charge < -0.3 is 33.8 Å². The second-order valence-electron chi connectivity index (χ2n) is 26.5. The quantitative estimate of drug-likeness (QED) is 0.0222. The van der Waals surface area contributed by atoms with Gasteiger partial charge in [0.15, 0.2) is 12.2 Å². The maximum Gasteiger partial charge on any atom is 0.472 e. The summed E-state index contributed by atoms with van der Waals surface area (Å²) < 4.78 is 68.2. The largest absolute Gasteiger partial charge is 0.472 e. The van der Waals surface area contributed by atoms with Crippen LogP contribution in [-0.4, -0.2) is 96.7 Å². The lowest BCUT2D eigenvalue weighted by Gasteiger charge is -2.21. The van der Waals surface area contributed by atoms with Crippen molar-refractivity contribution in [3.8, 4) is 0 Å². The Morgan fingerprint density at radius 2 is 0.527 bits per heavy atom. The molecule has 0 heterocycles. The predicted molar refractivity (Wildman–Crippen MR) is 368 cm³/mol. The second kappa shape index (κ2) is 64.1. The van der Waals surface area contributed by atoms with Crippen molar-refractivity contribution in [2.24, 2.45) is 11.8 Å². The lowest BCUT2D eigenvalue weighted by molar-refractivity contribution is -0.161. The molecule has 540 valence electrons. The Balaban J connectivity index is 5.16. The van der Waals surface area contributed by atoms with Crippen molar-refractivity contribution >= 4 is 39.5 Å². The lowest BCUT2D eigenvalue weighted by atomic mass is 9.99. The average Bonchev–Trinajstić information content (AvgIpc) is 3.60. The number of aliphatic hydroxyl groups is 1. The van der Waals surface area contributed by atoms with Crippen LogP contribution in [0.15, 0.2) is 0 Å². The van der Waals surface area contributed by atoms with Crippen molar-refractivity contribution < 1.29 is 80.2 Å². The fourth-order valence-corrected chi connectivity index (χ4v) is 12.5. The van der Waals surface area contributed by atoms with Gasteiger partial charge in [-0.15, -0.1) is 0 Å². The molecule has 0 rings (SSSR count). The number of hydrogen-bond donors (Lipinski definition) is 3. The Hall–Kier alpha value is -1.94. The van der Waals surface area contributed by atoms with Crippen LogP contribution in [0.2, 0.25) is 0 Å². The molecule has 0 aliphatic carbocycles. The first-order valence-corrected chi connectivity index (χ1v) is 40.6. The van der Waals surface area contributed by atoms with Gasteiger partial charge in [-0.25, -0.2) is 9.13 Å². The summed E-state index contributed by atoms with van der Waals surface area (Å²) in [4.78, 5) is 72.4. The number of hydrogen-bond acceptors (Lipinski definition) is 15. The molecule has 0 spiro atoms. The molecule has 91 heavy (non-hydrogen) atoms. The third kappa shape index (κ3) is 63.9. The number of carbonyl (C=O) groups is 4. The van der Waals surface area contributed by atoms with Crippen molar-refractivity contribution in [2.45, 2.75) is 387 Å². The van der Waals surface area contributed by atoms with E-state index in [1.54, 1.807) is 0 Å². The standard InChI is InChI=1S/C72H140O17P2/c1-7-11-13-15-16-17-18-19-23-26-33-38-44-50-56-71(76)88-67(60-82-69(74)54-48-40-14-12-8-2)62-86-90(78,79)84-58-66(73)59-85-91(80,81)87-63-68(61-83-70(75)55-49-43-37-32-29-28-31-36-42-47-53-65(6)10-4)89-72(77)57-51-45-39-34-27-24-21-20-22-25-30-35-41-46-52-64(5)9-3/h64-68,73H,7-63H2,1-6H3,(H,78,79)(H,80,81)/t64?,65?,66-,67+,68+/m0/s1. The Morgan fingerprint density at radius 1 is 0.308 bits per heavy atom. The molecule has 4 unspecified atom stereocenters. The molecular formula is C72H140O17P2. The van der Waals surface area contributed by atoms with E-state index in [0.29, 0.717) is 25.7 Å². The van der Waals surface area contributed by atoms with Gasteiger partial charge in [0, 0.05) is 25.7 Å². The minimum absolute atomic E-state index is 0.107. The fraction of sp³-hybridized carbons (Fsp3) is 0.944. The molecule has 0 bridgehead atoms. The Morgan fingerprint density at radius 3 is 0.780 bits per heavy atom. The summed E-state index contributed by atoms with van der Waals surface area (Å²) >= 11 is 0. The topological polar surface area (TPSA) is 237 Å². The first-order chi connectivity index (χ1) is 43.9. The van der Waals surface area contributed by atoms with Crippen LogP contribution in [0.1, 0.15) is 369 Å². The van der Waals surface area contributed by atoms with E-state index in [1.165, 1.54) is 180 Å². The van der Waals surface area contributed by atoms with Crippen LogP contribution in [0.4, 0.5) is 0 Å². The molecule has 0 aliphatic heterocycles. The number of phosphoric acid groups is 2. The predicted octanol–water partition coefficient (Wildman–Crippen LogP) is 20.8. The molecule has 0 saturated heterocycles. The number of carbonyl (C=O) groups excluding carboxylic acids is 4. The van der Waals surface area contributed by atoms with Crippen LogP contribution in [0.3, 0.4) is 0 Å². The van der Waals surface area contributed by atoms with E-state index in [-0.39, 0.29) is 25.7 Å². The minimum atomic E-state index is -4.95. The third-order valence-corrected chi connectivity index (χ3v) is 19.3. The summed E-state index contributed by atoms with van der Waals surface area (Å²) in [5.41, 5.74) is 0. The molecule has 0 saturated carbocycles. The van der Waals surface area contributed by atoms with Gasteiger partial charge in [0.2, 0.25) is 0 Å². The van der Waals surface area contributed by atoms with Gasteiger partial charge in [0.1, 0.15) is 19.3 Å². The zero-order valence-electron chi connectivity index (χ0n) is 59.1. The molecule has 0 fully saturated rings. The van der Waals surface area contributed by atoms with E-state index in [0.717, 1.165) is 108 Å². The zero-order chi connectivity index (χ0) is 67.2. The van der Waals surface area contributed by atoms with Gasteiger partial charge in [-0.1, -0.05) is 318 Å². The van der Waals surface area contributed by atoms with Crippen LogP contribution < -0.4 is 0 Å². The smallest absolute Gasteiger partial charge is 0.462 e. The lowest BCUT2D eigenvalue weighted by Crippen LogP contribution is -2.30. The van der Waals surface area contributed by atoms with Crippen molar-refractivity contribution in [3.63, 3.8) is 0 Å². The summed E-state index contributed by atoms with van der Waals surface area (Å²) in [7, 11) is -9.89. The second-order valence-corrected chi connectivity index (χ2v) is 29.4. The van der Waals surface area contributed by atoms with Crippen LogP contribution in [0.5, 0.6) is 0 Å². The average molecular weight is 1340 g/mol. The van der Waals surface area contributed by atoms with Gasteiger partial charge in [-0.2, -0.15) is 0 Å². The first kappa shape index (κ1) is 89.1.